The van der Waals surface area contributed by atoms with Crippen LogP contribution in [0, 0.1) is 5.82 Å². The maximum Gasteiger partial charge on any atom is 0.255 e. The maximum atomic E-state index is 13.1. The van der Waals surface area contributed by atoms with Crippen LogP contribution < -0.4 is 10.6 Å². The van der Waals surface area contributed by atoms with Gasteiger partial charge in [-0.25, -0.2) is 4.39 Å². The van der Waals surface area contributed by atoms with E-state index in [4.69, 9.17) is 0 Å². The Balaban J connectivity index is 1.91. The molecule has 110 valence electrons. The largest absolute Gasteiger partial charge is 0.507 e. The molecule has 2 rings (SSSR count). The first kappa shape index (κ1) is 14.8. The van der Waals surface area contributed by atoms with Crippen LogP contribution in [-0.4, -0.2) is 29.6 Å². The minimum absolute atomic E-state index is 0.00110. The highest BCUT2D eigenvalue weighted by atomic mass is 19.1. The lowest BCUT2D eigenvalue weighted by atomic mass is 9.91. The van der Waals surface area contributed by atoms with Gasteiger partial charge < -0.3 is 15.7 Å². The summed E-state index contributed by atoms with van der Waals surface area (Å²) in [6.07, 6.45) is 3.85. The molecule has 1 aromatic carbocycles. The lowest BCUT2D eigenvalue weighted by Crippen LogP contribution is -2.42. The van der Waals surface area contributed by atoms with Gasteiger partial charge in [0.15, 0.2) is 0 Å². The zero-order valence-electron chi connectivity index (χ0n) is 11.7. The quantitative estimate of drug-likeness (QED) is 0.792. The summed E-state index contributed by atoms with van der Waals surface area (Å²) in [6, 6.07) is 4.02. The van der Waals surface area contributed by atoms with E-state index in [0.717, 1.165) is 44.4 Å². The first-order chi connectivity index (χ1) is 9.60. The van der Waals surface area contributed by atoms with Gasteiger partial charge in [0, 0.05) is 12.1 Å². The molecule has 0 spiro atoms. The van der Waals surface area contributed by atoms with E-state index in [1.165, 1.54) is 6.07 Å². The van der Waals surface area contributed by atoms with Gasteiger partial charge in [0.25, 0.3) is 5.91 Å². The number of carbonyl (C=O) groups is 1. The second-order valence-corrected chi connectivity index (χ2v) is 5.24. The van der Waals surface area contributed by atoms with Crippen molar-refractivity contribution in [2.45, 2.75) is 44.7 Å². The number of amides is 1. The Morgan fingerprint density at radius 2 is 1.95 bits per heavy atom. The summed E-state index contributed by atoms with van der Waals surface area (Å²) in [7, 11) is 0. The minimum Gasteiger partial charge on any atom is -0.507 e. The van der Waals surface area contributed by atoms with Crippen molar-refractivity contribution in [2.24, 2.45) is 0 Å². The molecule has 0 atom stereocenters. The molecular weight excluding hydrogens is 259 g/mol. The molecule has 1 fully saturated rings. The van der Waals surface area contributed by atoms with E-state index in [1.54, 1.807) is 0 Å². The van der Waals surface area contributed by atoms with E-state index < -0.39 is 11.7 Å². The van der Waals surface area contributed by atoms with E-state index >= 15 is 0 Å². The first-order valence-electron chi connectivity index (χ1n) is 7.13. The molecule has 3 N–H and O–H groups in total. The van der Waals surface area contributed by atoms with E-state index in [1.807, 2.05) is 0 Å². The number of halogens is 1. The number of nitrogens with one attached hydrogen (secondary N) is 2. The van der Waals surface area contributed by atoms with Crippen molar-refractivity contribution in [1.29, 1.82) is 0 Å². The van der Waals surface area contributed by atoms with Crippen LogP contribution in [0.25, 0.3) is 0 Å². The minimum atomic E-state index is -0.524. The standard InChI is InChI=1S/C15H21FN2O2/c1-2-17-11-4-6-12(7-5-11)18-15(20)13-9-10(16)3-8-14(13)19/h3,8-9,11-12,17,19H,2,4-7H2,1H3,(H,18,20). The second kappa shape index (κ2) is 6.70. The van der Waals surface area contributed by atoms with Crippen molar-refractivity contribution in [3.8, 4) is 5.75 Å². The predicted octanol–water partition coefficient (Wildman–Crippen LogP) is 2.18. The lowest BCUT2D eigenvalue weighted by Gasteiger charge is -2.29. The number of phenols is 1. The molecule has 0 radical (unpaired) electrons. The molecule has 1 saturated carbocycles. The van der Waals surface area contributed by atoms with E-state index in [9.17, 15) is 14.3 Å². The average molecular weight is 280 g/mol. The summed E-state index contributed by atoms with van der Waals surface area (Å²) in [5.74, 6) is -1.12. The van der Waals surface area contributed by atoms with Gasteiger partial charge in [-0.2, -0.15) is 0 Å². The first-order valence-corrected chi connectivity index (χ1v) is 7.13. The Morgan fingerprint density at radius 1 is 1.30 bits per heavy atom. The fourth-order valence-electron chi connectivity index (χ4n) is 2.68. The average Bonchev–Trinajstić information content (AvgIpc) is 2.44. The molecule has 0 aromatic heterocycles. The van der Waals surface area contributed by atoms with Gasteiger partial charge in [0.05, 0.1) is 5.56 Å². The molecule has 0 unspecified atom stereocenters. The molecule has 4 nitrogen and oxygen atoms in total. The van der Waals surface area contributed by atoms with Crippen LogP contribution in [0.2, 0.25) is 0 Å². The fraction of sp³-hybridized carbons (Fsp3) is 0.533. The second-order valence-electron chi connectivity index (χ2n) is 5.24. The van der Waals surface area contributed by atoms with Gasteiger partial charge >= 0.3 is 0 Å². The van der Waals surface area contributed by atoms with E-state index in [2.05, 4.69) is 17.6 Å². The third-order valence-corrected chi connectivity index (χ3v) is 3.76. The molecule has 0 heterocycles. The summed E-state index contributed by atoms with van der Waals surface area (Å²) in [6.45, 7) is 3.04. The fourth-order valence-corrected chi connectivity index (χ4v) is 2.68. The van der Waals surface area contributed by atoms with Gasteiger partial charge in [0.1, 0.15) is 11.6 Å². The number of hydrogen-bond donors (Lipinski definition) is 3. The molecule has 1 amide bonds. The lowest BCUT2D eigenvalue weighted by molar-refractivity contribution is 0.0921. The number of carbonyl (C=O) groups excluding carboxylic acids is 1. The van der Waals surface area contributed by atoms with Gasteiger partial charge in [-0.1, -0.05) is 6.92 Å². The molecular formula is C15H21FN2O2. The summed E-state index contributed by atoms with van der Waals surface area (Å²) >= 11 is 0. The van der Waals surface area contributed by atoms with Crippen LogP contribution in [0.4, 0.5) is 4.39 Å². The Hall–Kier alpha value is -1.62. The molecule has 1 aliphatic carbocycles. The van der Waals surface area contributed by atoms with E-state index in [0.29, 0.717) is 6.04 Å². The highest BCUT2D eigenvalue weighted by molar-refractivity contribution is 5.96. The molecule has 0 aliphatic heterocycles. The Labute approximate surface area is 118 Å². The normalized spacial score (nSPS) is 22.5. The van der Waals surface area contributed by atoms with Crippen molar-refractivity contribution in [1.82, 2.24) is 10.6 Å². The molecule has 0 saturated heterocycles. The summed E-state index contributed by atoms with van der Waals surface area (Å²) in [5, 5.41) is 15.9. The van der Waals surface area contributed by atoms with Crippen molar-refractivity contribution >= 4 is 5.91 Å². The highest BCUT2D eigenvalue weighted by Crippen LogP contribution is 2.21. The molecule has 0 bridgehead atoms. The SMILES string of the molecule is CCNC1CCC(NC(=O)c2cc(F)ccc2O)CC1. The van der Waals surface area contributed by atoms with Crippen molar-refractivity contribution in [3.63, 3.8) is 0 Å². The summed E-state index contributed by atoms with van der Waals surface area (Å²) in [5.41, 5.74) is -0.00110. The number of benzene rings is 1. The number of phenolic OH excluding ortho intramolecular Hbond substituents is 1. The third-order valence-electron chi connectivity index (χ3n) is 3.76. The highest BCUT2D eigenvalue weighted by Gasteiger charge is 2.23. The van der Waals surface area contributed by atoms with Crippen molar-refractivity contribution in [2.75, 3.05) is 6.54 Å². The van der Waals surface area contributed by atoms with Crippen molar-refractivity contribution in [3.05, 3.63) is 29.6 Å². The monoisotopic (exact) mass is 280 g/mol. The van der Waals surface area contributed by atoms with Crippen LogP contribution >= 0.6 is 0 Å². The summed E-state index contributed by atoms with van der Waals surface area (Å²) in [4.78, 5) is 12.0. The predicted molar refractivity (Wildman–Crippen MR) is 75.3 cm³/mol. The van der Waals surface area contributed by atoms with E-state index in [-0.39, 0.29) is 17.4 Å². The van der Waals surface area contributed by atoms with Crippen LogP contribution in [0.3, 0.4) is 0 Å². The third kappa shape index (κ3) is 3.70. The van der Waals surface area contributed by atoms with Crippen molar-refractivity contribution < 1.29 is 14.3 Å². The smallest absolute Gasteiger partial charge is 0.255 e. The number of aromatic hydroxyl groups is 1. The molecule has 1 aliphatic rings. The topological polar surface area (TPSA) is 61.4 Å². The number of rotatable bonds is 4. The maximum absolute atomic E-state index is 13.1. The van der Waals surface area contributed by atoms with Gasteiger partial charge in [-0.15, -0.1) is 0 Å². The Kier molecular flexibility index (Phi) is 4.95. The van der Waals surface area contributed by atoms with Crippen LogP contribution in [0.5, 0.6) is 5.75 Å². The van der Waals surface area contributed by atoms with Crippen LogP contribution in [0.1, 0.15) is 43.0 Å². The zero-order valence-corrected chi connectivity index (χ0v) is 11.7. The Bertz CT molecular complexity index is 471. The molecule has 20 heavy (non-hydrogen) atoms. The zero-order chi connectivity index (χ0) is 14.5. The molecule has 5 heteroatoms. The summed E-state index contributed by atoms with van der Waals surface area (Å²) < 4.78 is 13.1. The van der Waals surface area contributed by atoms with Gasteiger partial charge in [-0.3, -0.25) is 4.79 Å². The molecule has 1 aromatic rings. The van der Waals surface area contributed by atoms with Crippen LogP contribution in [-0.2, 0) is 0 Å². The van der Waals surface area contributed by atoms with Crippen LogP contribution in [0.15, 0.2) is 18.2 Å². The Morgan fingerprint density at radius 3 is 2.60 bits per heavy atom. The number of hydrogen-bond acceptors (Lipinski definition) is 3. The van der Waals surface area contributed by atoms with Gasteiger partial charge in [-0.05, 0) is 50.4 Å². The van der Waals surface area contributed by atoms with Gasteiger partial charge in [0.2, 0.25) is 0 Å².